The van der Waals surface area contributed by atoms with Crippen LogP contribution in [0.3, 0.4) is 0 Å². The molecule has 2 unspecified atom stereocenters. The van der Waals surface area contributed by atoms with Gasteiger partial charge in [-0.25, -0.2) is 13.2 Å². The van der Waals surface area contributed by atoms with Crippen LogP contribution in [-0.4, -0.2) is 5.92 Å². The van der Waals surface area contributed by atoms with Crippen LogP contribution in [0.25, 0.3) is 0 Å². The number of hydrogen-bond acceptors (Lipinski definition) is 0. The number of benzene rings is 1. The molecule has 27 heavy (non-hydrogen) atoms. The molecule has 0 saturated heterocycles. The molecule has 0 heterocycles. The summed E-state index contributed by atoms with van der Waals surface area (Å²) in [5.41, 5.74) is 1.20. The lowest BCUT2D eigenvalue weighted by Crippen LogP contribution is -2.38. The van der Waals surface area contributed by atoms with Crippen LogP contribution in [0.5, 0.6) is 0 Å². The Morgan fingerprint density at radius 2 is 1.59 bits per heavy atom. The predicted molar refractivity (Wildman–Crippen MR) is 105 cm³/mol. The van der Waals surface area contributed by atoms with E-state index in [2.05, 4.69) is 6.58 Å². The number of aryl methyl sites for hydroxylation is 1. The number of alkyl halides is 2. The molecule has 2 saturated carbocycles. The Hall–Kier alpha value is -1.25. The second kappa shape index (κ2) is 9.30. The first-order valence-electron chi connectivity index (χ1n) is 10.7. The van der Waals surface area contributed by atoms with Crippen LogP contribution >= 0.6 is 0 Å². The molecular weight excluding hydrogens is 345 g/mol. The summed E-state index contributed by atoms with van der Waals surface area (Å²) in [4.78, 5) is 0. The monoisotopic (exact) mass is 378 g/mol. The van der Waals surface area contributed by atoms with Gasteiger partial charge in [0.15, 0.2) is 0 Å². The molecule has 2 fully saturated rings. The molecule has 1 aromatic rings. The summed E-state index contributed by atoms with van der Waals surface area (Å²) in [5.74, 6) is -1.88. The lowest BCUT2D eigenvalue weighted by atomic mass is 9.67. The molecule has 3 heteroatoms. The molecule has 0 spiro atoms. The molecule has 0 radical (unpaired) electrons. The average molecular weight is 379 g/mol. The van der Waals surface area contributed by atoms with E-state index >= 15 is 0 Å². The number of rotatable bonds is 7. The van der Waals surface area contributed by atoms with Gasteiger partial charge in [0.25, 0.3) is 5.92 Å². The Labute approximate surface area is 162 Å². The Bertz CT molecular complexity index is 584. The standard InChI is InChI=1S/C24H33F3/c1-2-22-14-13-21(17-24(22,26)27)20-11-7-18(8-12-20)5-3-4-6-19-9-15-23(25)16-10-19/h2,9-10,15-16,18,20-22H,1,3-8,11-14,17H2. The van der Waals surface area contributed by atoms with Gasteiger partial charge in [-0.15, -0.1) is 6.58 Å². The van der Waals surface area contributed by atoms with Crippen LogP contribution in [0.1, 0.15) is 69.8 Å². The second-order valence-corrected chi connectivity index (χ2v) is 8.80. The van der Waals surface area contributed by atoms with Crippen molar-refractivity contribution in [2.75, 3.05) is 0 Å². The van der Waals surface area contributed by atoms with Gasteiger partial charge < -0.3 is 0 Å². The van der Waals surface area contributed by atoms with E-state index in [1.54, 1.807) is 0 Å². The number of hydrogen-bond donors (Lipinski definition) is 0. The molecule has 0 aliphatic heterocycles. The number of allylic oxidation sites excluding steroid dienone is 1. The van der Waals surface area contributed by atoms with Crippen LogP contribution in [0.15, 0.2) is 36.9 Å². The highest BCUT2D eigenvalue weighted by Gasteiger charge is 2.45. The normalized spacial score (nSPS) is 30.8. The summed E-state index contributed by atoms with van der Waals surface area (Å²) in [6.45, 7) is 3.59. The first kappa shape index (κ1) is 20.5. The van der Waals surface area contributed by atoms with Gasteiger partial charge >= 0.3 is 0 Å². The predicted octanol–water partition coefficient (Wildman–Crippen LogP) is 7.58. The summed E-state index contributed by atoms with van der Waals surface area (Å²) in [6.07, 6.45) is 12.3. The zero-order chi connectivity index (χ0) is 19.3. The van der Waals surface area contributed by atoms with Gasteiger partial charge in [0.1, 0.15) is 5.82 Å². The van der Waals surface area contributed by atoms with Gasteiger partial charge in [0.2, 0.25) is 0 Å². The van der Waals surface area contributed by atoms with Crippen molar-refractivity contribution in [2.45, 2.75) is 76.6 Å². The molecule has 0 N–H and O–H groups in total. The summed E-state index contributed by atoms with van der Waals surface area (Å²) in [5, 5.41) is 0. The van der Waals surface area contributed by atoms with Crippen molar-refractivity contribution < 1.29 is 13.2 Å². The first-order valence-corrected chi connectivity index (χ1v) is 10.7. The maximum Gasteiger partial charge on any atom is 0.254 e. The largest absolute Gasteiger partial charge is 0.254 e. The third-order valence-corrected chi connectivity index (χ3v) is 7.01. The van der Waals surface area contributed by atoms with Crippen molar-refractivity contribution >= 4 is 0 Å². The molecule has 150 valence electrons. The summed E-state index contributed by atoms with van der Waals surface area (Å²) in [6, 6.07) is 6.81. The maximum atomic E-state index is 14.2. The van der Waals surface area contributed by atoms with Gasteiger partial charge in [-0.3, -0.25) is 0 Å². The van der Waals surface area contributed by atoms with Gasteiger partial charge in [-0.1, -0.05) is 43.9 Å². The topological polar surface area (TPSA) is 0 Å². The Balaban J connectivity index is 1.34. The summed E-state index contributed by atoms with van der Waals surface area (Å²) in [7, 11) is 0. The smallest absolute Gasteiger partial charge is 0.207 e. The molecule has 3 rings (SSSR count). The maximum absolute atomic E-state index is 14.2. The number of halogens is 3. The van der Waals surface area contributed by atoms with E-state index in [0.717, 1.165) is 38.0 Å². The van der Waals surface area contributed by atoms with E-state index < -0.39 is 11.8 Å². The zero-order valence-corrected chi connectivity index (χ0v) is 16.3. The van der Waals surface area contributed by atoms with Crippen LogP contribution in [0.2, 0.25) is 0 Å². The average Bonchev–Trinajstić information content (AvgIpc) is 2.66. The molecule has 2 atom stereocenters. The van der Waals surface area contributed by atoms with E-state index in [-0.39, 0.29) is 18.2 Å². The Morgan fingerprint density at radius 3 is 2.22 bits per heavy atom. The zero-order valence-electron chi connectivity index (χ0n) is 16.3. The molecule has 2 aliphatic rings. The van der Waals surface area contributed by atoms with Crippen LogP contribution in [-0.2, 0) is 6.42 Å². The molecule has 0 aromatic heterocycles. The van der Waals surface area contributed by atoms with E-state index in [9.17, 15) is 13.2 Å². The molecule has 1 aromatic carbocycles. The first-order chi connectivity index (χ1) is 13.0. The van der Waals surface area contributed by atoms with Gasteiger partial charge in [0, 0.05) is 12.3 Å². The van der Waals surface area contributed by atoms with Gasteiger partial charge in [-0.2, -0.15) is 0 Å². The second-order valence-electron chi connectivity index (χ2n) is 8.80. The minimum Gasteiger partial charge on any atom is -0.207 e. The van der Waals surface area contributed by atoms with E-state index in [4.69, 9.17) is 0 Å². The van der Waals surface area contributed by atoms with Crippen molar-refractivity contribution in [3.63, 3.8) is 0 Å². The van der Waals surface area contributed by atoms with Crippen LogP contribution < -0.4 is 0 Å². The molecule has 0 amide bonds. The molecular formula is C24H33F3. The van der Waals surface area contributed by atoms with E-state index in [0.29, 0.717) is 12.3 Å². The van der Waals surface area contributed by atoms with E-state index in [1.165, 1.54) is 49.5 Å². The summed E-state index contributed by atoms with van der Waals surface area (Å²) < 4.78 is 41.4. The van der Waals surface area contributed by atoms with Crippen molar-refractivity contribution in [2.24, 2.45) is 23.7 Å². The van der Waals surface area contributed by atoms with Gasteiger partial charge in [-0.05, 0) is 74.0 Å². The Morgan fingerprint density at radius 1 is 0.926 bits per heavy atom. The Kier molecular flexibility index (Phi) is 7.05. The fraction of sp³-hybridized carbons (Fsp3) is 0.667. The molecule has 0 bridgehead atoms. The summed E-state index contributed by atoms with van der Waals surface area (Å²) >= 11 is 0. The van der Waals surface area contributed by atoms with Crippen molar-refractivity contribution in [3.8, 4) is 0 Å². The lowest BCUT2D eigenvalue weighted by Gasteiger charge is -2.40. The van der Waals surface area contributed by atoms with E-state index in [1.807, 2.05) is 12.1 Å². The molecule has 0 nitrogen and oxygen atoms in total. The highest BCUT2D eigenvalue weighted by molar-refractivity contribution is 5.15. The van der Waals surface area contributed by atoms with Crippen molar-refractivity contribution in [1.82, 2.24) is 0 Å². The van der Waals surface area contributed by atoms with Crippen LogP contribution in [0, 0.1) is 29.5 Å². The molecule has 2 aliphatic carbocycles. The van der Waals surface area contributed by atoms with Gasteiger partial charge in [0.05, 0.1) is 0 Å². The highest BCUT2D eigenvalue weighted by Crippen LogP contribution is 2.48. The van der Waals surface area contributed by atoms with Crippen LogP contribution in [0.4, 0.5) is 13.2 Å². The minimum absolute atomic E-state index is 0.0662. The minimum atomic E-state index is -2.55. The van der Waals surface area contributed by atoms with Crippen molar-refractivity contribution in [1.29, 1.82) is 0 Å². The fourth-order valence-electron chi connectivity index (χ4n) is 5.26. The number of unbranched alkanes of at least 4 members (excludes halogenated alkanes) is 1. The third kappa shape index (κ3) is 5.62. The SMILES string of the molecule is C=CC1CCC(C2CCC(CCCCc3ccc(F)cc3)CC2)CC1(F)F. The lowest BCUT2D eigenvalue weighted by molar-refractivity contribution is -0.0960. The fourth-order valence-corrected chi connectivity index (χ4v) is 5.26. The highest BCUT2D eigenvalue weighted by atomic mass is 19.3. The van der Waals surface area contributed by atoms with Crippen molar-refractivity contribution in [3.05, 3.63) is 48.3 Å². The quantitative estimate of drug-likeness (QED) is 0.339. The third-order valence-electron chi connectivity index (χ3n) is 7.01.